The van der Waals surface area contributed by atoms with Gasteiger partial charge in [0.1, 0.15) is 0 Å². The highest BCUT2D eigenvalue weighted by Gasteiger charge is 2.34. The highest BCUT2D eigenvalue weighted by Crippen LogP contribution is 2.26. The second kappa shape index (κ2) is 9.72. The van der Waals surface area contributed by atoms with E-state index in [0.29, 0.717) is 31.8 Å². The van der Waals surface area contributed by atoms with E-state index in [4.69, 9.17) is 4.74 Å². The van der Waals surface area contributed by atoms with Crippen LogP contribution in [-0.4, -0.2) is 84.9 Å². The summed E-state index contributed by atoms with van der Waals surface area (Å²) in [4.78, 5) is 43.3. The number of hydrogen-bond donors (Lipinski definition) is 0. The number of piperazine rings is 1. The lowest BCUT2D eigenvalue weighted by molar-refractivity contribution is -0.150. The number of carbonyl (C=O) groups excluding carboxylic acids is 3. The van der Waals surface area contributed by atoms with E-state index in [1.54, 1.807) is 0 Å². The number of carbonyl (C=O) groups is 3. The normalized spacial score (nSPS) is 24.1. The highest BCUT2D eigenvalue weighted by atomic mass is 16.5. The zero-order chi connectivity index (χ0) is 20.1. The second-order valence-corrected chi connectivity index (χ2v) is 8.49. The molecule has 2 heterocycles. The molecule has 3 rings (SSSR count). The summed E-state index contributed by atoms with van der Waals surface area (Å²) in [5.41, 5.74) is 0. The number of nitrogens with zero attached hydrogens (tertiary/aromatic N) is 3. The molecule has 3 aliphatic rings. The van der Waals surface area contributed by atoms with E-state index in [1.165, 1.54) is 26.4 Å². The number of hydrogen-bond acceptors (Lipinski definition) is 5. The molecule has 1 atom stereocenters. The van der Waals surface area contributed by atoms with Crippen LogP contribution in [0.4, 0.5) is 0 Å². The minimum Gasteiger partial charge on any atom is -0.469 e. The number of likely N-dealkylation sites (tertiary alicyclic amines) is 1. The van der Waals surface area contributed by atoms with Gasteiger partial charge in [-0.3, -0.25) is 19.3 Å². The summed E-state index contributed by atoms with van der Waals surface area (Å²) in [6.45, 7) is 6.14. The lowest BCUT2D eigenvalue weighted by Crippen LogP contribution is -2.57. The molecule has 2 amide bonds. The summed E-state index contributed by atoms with van der Waals surface area (Å²) in [5, 5.41) is 0. The fourth-order valence-corrected chi connectivity index (χ4v) is 4.86. The van der Waals surface area contributed by atoms with Crippen molar-refractivity contribution in [2.75, 3.05) is 46.4 Å². The van der Waals surface area contributed by atoms with Crippen molar-refractivity contribution in [2.45, 2.75) is 57.9 Å². The number of ether oxygens (including phenoxy) is 1. The van der Waals surface area contributed by atoms with Crippen LogP contribution in [0.5, 0.6) is 0 Å². The monoisotopic (exact) mass is 393 g/mol. The lowest BCUT2D eigenvalue weighted by Gasteiger charge is -2.41. The summed E-state index contributed by atoms with van der Waals surface area (Å²) in [6.07, 6.45) is 7.03. The number of amides is 2. The van der Waals surface area contributed by atoms with Gasteiger partial charge in [-0.15, -0.1) is 0 Å². The molecule has 0 N–H and O–H groups in total. The summed E-state index contributed by atoms with van der Waals surface area (Å²) in [7, 11) is 1.42. The Balaban J connectivity index is 1.44. The molecule has 0 aromatic carbocycles. The Bertz CT molecular complexity index is 560. The van der Waals surface area contributed by atoms with Crippen LogP contribution in [-0.2, 0) is 19.1 Å². The molecule has 3 fully saturated rings. The molecule has 1 saturated carbocycles. The predicted molar refractivity (Wildman–Crippen MR) is 106 cm³/mol. The van der Waals surface area contributed by atoms with E-state index in [1.807, 2.05) is 16.7 Å². The summed E-state index contributed by atoms with van der Waals surface area (Å²) in [6, 6.07) is -0.179. The number of esters is 1. The van der Waals surface area contributed by atoms with Crippen LogP contribution in [0, 0.1) is 11.8 Å². The summed E-state index contributed by atoms with van der Waals surface area (Å²) >= 11 is 0. The van der Waals surface area contributed by atoms with Gasteiger partial charge in [-0.2, -0.15) is 0 Å². The maximum atomic E-state index is 12.9. The van der Waals surface area contributed by atoms with Crippen molar-refractivity contribution in [3.05, 3.63) is 0 Å². The molecular weight excluding hydrogens is 358 g/mol. The van der Waals surface area contributed by atoms with Crippen molar-refractivity contribution < 1.29 is 19.1 Å². The average Bonchev–Trinajstić information content (AvgIpc) is 2.78. The van der Waals surface area contributed by atoms with Crippen LogP contribution in [0.25, 0.3) is 0 Å². The van der Waals surface area contributed by atoms with Crippen LogP contribution in [0.15, 0.2) is 0 Å². The fourth-order valence-electron chi connectivity index (χ4n) is 4.86. The van der Waals surface area contributed by atoms with Gasteiger partial charge in [0.15, 0.2) is 0 Å². The number of methoxy groups -OCH3 is 1. The molecule has 0 radical (unpaired) electrons. The minimum absolute atomic E-state index is 0.0845. The fraction of sp³-hybridized carbons (Fsp3) is 0.857. The quantitative estimate of drug-likeness (QED) is 0.677. The first kappa shape index (κ1) is 21.1. The molecule has 7 heteroatoms. The average molecular weight is 394 g/mol. The summed E-state index contributed by atoms with van der Waals surface area (Å²) < 4.78 is 4.82. The Morgan fingerprint density at radius 3 is 1.96 bits per heavy atom. The molecule has 2 saturated heterocycles. The molecule has 28 heavy (non-hydrogen) atoms. The topological polar surface area (TPSA) is 70.2 Å². The summed E-state index contributed by atoms with van der Waals surface area (Å²) in [5.74, 6) is 0.423. The first-order valence-corrected chi connectivity index (χ1v) is 10.9. The van der Waals surface area contributed by atoms with E-state index in [-0.39, 0.29) is 29.8 Å². The molecule has 158 valence electrons. The first-order valence-electron chi connectivity index (χ1n) is 10.9. The molecule has 0 aromatic heterocycles. The van der Waals surface area contributed by atoms with Crippen molar-refractivity contribution in [3.63, 3.8) is 0 Å². The van der Waals surface area contributed by atoms with Crippen molar-refractivity contribution >= 4 is 17.8 Å². The SMILES string of the molecule is COC(=O)C1CCN(C(=O)C(C)N2CCN(C(=O)C3CCCCC3)CC2)CC1. The van der Waals surface area contributed by atoms with E-state index in [2.05, 4.69) is 4.90 Å². The van der Waals surface area contributed by atoms with Gasteiger partial charge in [-0.1, -0.05) is 19.3 Å². The maximum absolute atomic E-state index is 12.9. The third kappa shape index (κ3) is 4.85. The van der Waals surface area contributed by atoms with E-state index in [9.17, 15) is 14.4 Å². The molecule has 1 unspecified atom stereocenters. The second-order valence-electron chi connectivity index (χ2n) is 8.49. The standard InChI is InChI=1S/C21H35N3O4/c1-16(19(25)23-10-8-18(9-11-23)21(27)28-2)22-12-14-24(15-13-22)20(26)17-6-4-3-5-7-17/h16-18H,3-15H2,1-2H3. The van der Waals surface area contributed by atoms with E-state index in [0.717, 1.165) is 39.0 Å². The minimum atomic E-state index is -0.179. The molecular formula is C21H35N3O4. The van der Waals surface area contributed by atoms with E-state index < -0.39 is 0 Å². The highest BCUT2D eigenvalue weighted by molar-refractivity contribution is 5.82. The Hall–Kier alpha value is -1.63. The number of rotatable bonds is 4. The van der Waals surface area contributed by atoms with Gasteiger partial charge < -0.3 is 14.5 Å². The van der Waals surface area contributed by atoms with Gasteiger partial charge in [0.05, 0.1) is 19.1 Å². The van der Waals surface area contributed by atoms with Gasteiger partial charge in [0.25, 0.3) is 0 Å². The Labute approximate surface area is 168 Å². The smallest absolute Gasteiger partial charge is 0.308 e. The zero-order valence-corrected chi connectivity index (χ0v) is 17.4. The lowest BCUT2D eigenvalue weighted by atomic mass is 9.88. The van der Waals surface area contributed by atoms with Crippen molar-refractivity contribution in [2.24, 2.45) is 11.8 Å². The molecule has 7 nitrogen and oxygen atoms in total. The van der Waals surface area contributed by atoms with Gasteiger partial charge in [-0.25, -0.2) is 0 Å². The Kier molecular flexibility index (Phi) is 7.32. The van der Waals surface area contributed by atoms with Gasteiger partial charge in [0, 0.05) is 45.2 Å². The van der Waals surface area contributed by atoms with Crippen molar-refractivity contribution in [1.82, 2.24) is 14.7 Å². The van der Waals surface area contributed by atoms with Gasteiger partial charge in [0.2, 0.25) is 11.8 Å². The molecule has 2 aliphatic heterocycles. The third-order valence-electron chi connectivity index (χ3n) is 6.83. The van der Waals surface area contributed by atoms with Gasteiger partial charge >= 0.3 is 5.97 Å². The predicted octanol–water partition coefficient (Wildman–Crippen LogP) is 1.51. The molecule has 1 aliphatic carbocycles. The third-order valence-corrected chi connectivity index (χ3v) is 6.83. The van der Waals surface area contributed by atoms with Crippen LogP contribution < -0.4 is 0 Å². The molecule has 0 spiro atoms. The van der Waals surface area contributed by atoms with Crippen molar-refractivity contribution in [1.29, 1.82) is 0 Å². The van der Waals surface area contributed by atoms with Crippen LogP contribution >= 0.6 is 0 Å². The first-order chi connectivity index (χ1) is 13.5. The Morgan fingerprint density at radius 1 is 0.786 bits per heavy atom. The number of piperidine rings is 1. The van der Waals surface area contributed by atoms with Crippen molar-refractivity contribution in [3.8, 4) is 0 Å². The molecule has 0 bridgehead atoms. The maximum Gasteiger partial charge on any atom is 0.308 e. The largest absolute Gasteiger partial charge is 0.469 e. The molecule has 0 aromatic rings. The Morgan fingerprint density at radius 2 is 1.39 bits per heavy atom. The zero-order valence-electron chi connectivity index (χ0n) is 17.4. The van der Waals surface area contributed by atoms with Crippen LogP contribution in [0.2, 0.25) is 0 Å². The van der Waals surface area contributed by atoms with Crippen LogP contribution in [0.1, 0.15) is 51.9 Å². The van der Waals surface area contributed by atoms with Gasteiger partial charge in [-0.05, 0) is 32.6 Å². The van der Waals surface area contributed by atoms with Crippen LogP contribution in [0.3, 0.4) is 0 Å². The van der Waals surface area contributed by atoms with E-state index >= 15 is 0 Å².